The van der Waals surface area contributed by atoms with E-state index < -0.39 is 0 Å². The van der Waals surface area contributed by atoms with Gasteiger partial charge in [0.25, 0.3) is 5.91 Å². The Morgan fingerprint density at radius 1 is 1.35 bits per heavy atom. The van der Waals surface area contributed by atoms with Gasteiger partial charge in [0, 0.05) is 38.3 Å². The van der Waals surface area contributed by atoms with Gasteiger partial charge < -0.3 is 18.9 Å². The predicted molar refractivity (Wildman–Crippen MR) is 91.5 cm³/mol. The molecule has 3 aromatic rings. The lowest BCUT2D eigenvalue weighted by Gasteiger charge is -2.34. The molecule has 0 aromatic carbocycles. The minimum Gasteiger partial charge on any atom is -0.436 e. The fourth-order valence-electron chi connectivity index (χ4n) is 3.35. The largest absolute Gasteiger partial charge is 0.436 e. The molecule has 0 bridgehead atoms. The first-order valence-electron chi connectivity index (χ1n) is 8.60. The van der Waals surface area contributed by atoms with Crippen LogP contribution in [0.25, 0.3) is 0 Å². The van der Waals surface area contributed by atoms with Crippen LogP contribution in [-0.4, -0.2) is 41.2 Å². The van der Waals surface area contributed by atoms with E-state index in [1.807, 2.05) is 22.4 Å². The van der Waals surface area contributed by atoms with Crippen molar-refractivity contribution < 1.29 is 9.21 Å². The monoisotopic (exact) mass is 355 g/mol. The molecule has 4 rings (SSSR count). The SMILES string of the molecule is Cc1nc(C)c(C(=O)NC2CC(c3nnc(Cn4ccnc4)n3C)C2)o1. The van der Waals surface area contributed by atoms with Gasteiger partial charge in [-0.25, -0.2) is 9.97 Å². The Kier molecular flexibility index (Phi) is 4.06. The molecule has 0 atom stereocenters. The number of carbonyl (C=O) groups is 1. The molecular weight excluding hydrogens is 334 g/mol. The molecule has 1 aliphatic carbocycles. The van der Waals surface area contributed by atoms with Crippen molar-refractivity contribution in [1.82, 2.24) is 34.6 Å². The normalized spacial score (nSPS) is 19.3. The number of nitrogens with one attached hydrogen (secondary N) is 1. The average molecular weight is 355 g/mol. The van der Waals surface area contributed by atoms with Gasteiger partial charge in [-0.1, -0.05) is 0 Å². The summed E-state index contributed by atoms with van der Waals surface area (Å²) in [7, 11) is 1.98. The summed E-state index contributed by atoms with van der Waals surface area (Å²) in [5.41, 5.74) is 0.619. The van der Waals surface area contributed by atoms with E-state index in [9.17, 15) is 4.79 Å². The van der Waals surface area contributed by atoms with Gasteiger partial charge in [0.15, 0.2) is 11.7 Å². The molecule has 0 radical (unpaired) electrons. The highest BCUT2D eigenvalue weighted by Gasteiger charge is 2.35. The molecular formula is C17H21N7O2. The summed E-state index contributed by atoms with van der Waals surface area (Å²) in [6, 6.07) is 0.117. The quantitative estimate of drug-likeness (QED) is 0.741. The molecule has 3 aromatic heterocycles. The van der Waals surface area contributed by atoms with Crippen LogP contribution < -0.4 is 5.32 Å². The van der Waals surface area contributed by atoms with Crippen LogP contribution in [0.1, 0.15) is 52.5 Å². The van der Waals surface area contributed by atoms with Gasteiger partial charge in [-0.15, -0.1) is 10.2 Å². The molecule has 0 aliphatic heterocycles. The van der Waals surface area contributed by atoms with Crippen LogP contribution >= 0.6 is 0 Å². The molecule has 0 unspecified atom stereocenters. The van der Waals surface area contributed by atoms with Crippen molar-refractivity contribution in [1.29, 1.82) is 0 Å². The number of hydrogen-bond donors (Lipinski definition) is 1. The van der Waals surface area contributed by atoms with Crippen molar-refractivity contribution in [3.8, 4) is 0 Å². The van der Waals surface area contributed by atoms with E-state index in [0.29, 0.717) is 29.8 Å². The van der Waals surface area contributed by atoms with Crippen LogP contribution in [0.5, 0.6) is 0 Å². The van der Waals surface area contributed by atoms with Crippen LogP contribution in [0.3, 0.4) is 0 Å². The molecule has 3 heterocycles. The standard InChI is InChI=1S/C17H21N7O2/c1-10-15(26-11(2)19-10)17(25)20-13-6-12(7-13)16-22-21-14(23(16)3)8-24-5-4-18-9-24/h4-5,9,12-13H,6-8H2,1-3H3,(H,20,25). The molecule has 9 heteroatoms. The second kappa shape index (κ2) is 6.40. The Balaban J connectivity index is 1.35. The molecule has 0 spiro atoms. The number of carbonyl (C=O) groups excluding carboxylic acids is 1. The average Bonchev–Trinajstić information content (AvgIpc) is 3.27. The smallest absolute Gasteiger partial charge is 0.289 e. The Hall–Kier alpha value is -2.97. The molecule has 1 fully saturated rings. The molecule has 9 nitrogen and oxygen atoms in total. The van der Waals surface area contributed by atoms with Gasteiger partial charge in [0.2, 0.25) is 5.76 Å². The van der Waals surface area contributed by atoms with Gasteiger partial charge in [-0.3, -0.25) is 4.79 Å². The van der Waals surface area contributed by atoms with Crippen molar-refractivity contribution in [2.24, 2.45) is 7.05 Å². The number of amides is 1. The lowest BCUT2D eigenvalue weighted by molar-refractivity contribution is 0.0876. The molecule has 1 aliphatic rings. The summed E-state index contributed by atoms with van der Waals surface area (Å²) in [6.45, 7) is 4.15. The summed E-state index contributed by atoms with van der Waals surface area (Å²) in [4.78, 5) is 20.5. The number of aromatic nitrogens is 6. The maximum atomic E-state index is 12.3. The highest BCUT2D eigenvalue weighted by molar-refractivity contribution is 5.92. The number of oxazole rings is 1. The second-order valence-electron chi connectivity index (χ2n) is 6.75. The molecule has 1 amide bonds. The minimum atomic E-state index is -0.203. The molecule has 136 valence electrons. The maximum absolute atomic E-state index is 12.3. The van der Waals surface area contributed by atoms with Crippen LogP contribution in [0.15, 0.2) is 23.1 Å². The van der Waals surface area contributed by atoms with Crippen LogP contribution in [0, 0.1) is 13.8 Å². The van der Waals surface area contributed by atoms with Crippen molar-refractivity contribution in [3.63, 3.8) is 0 Å². The molecule has 1 saturated carbocycles. The number of nitrogens with zero attached hydrogens (tertiary/aromatic N) is 6. The van der Waals surface area contributed by atoms with Crippen LogP contribution in [0.4, 0.5) is 0 Å². The summed E-state index contributed by atoms with van der Waals surface area (Å²) in [5, 5.41) is 11.6. The Morgan fingerprint density at radius 2 is 2.15 bits per heavy atom. The summed E-state index contributed by atoms with van der Waals surface area (Å²) >= 11 is 0. The summed E-state index contributed by atoms with van der Waals surface area (Å²) in [5.74, 6) is 2.74. The highest BCUT2D eigenvalue weighted by Crippen LogP contribution is 2.36. The Bertz CT molecular complexity index is 919. The summed E-state index contributed by atoms with van der Waals surface area (Å²) < 4.78 is 9.36. The molecule has 0 saturated heterocycles. The number of hydrogen-bond acceptors (Lipinski definition) is 6. The highest BCUT2D eigenvalue weighted by atomic mass is 16.4. The van der Waals surface area contributed by atoms with Gasteiger partial charge >= 0.3 is 0 Å². The van der Waals surface area contributed by atoms with E-state index in [2.05, 4.69) is 25.5 Å². The van der Waals surface area contributed by atoms with Gasteiger partial charge in [-0.05, 0) is 19.8 Å². The second-order valence-corrected chi connectivity index (χ2v) is 6.75. The zero-order valence-corrected chi connectivity index (χ0v) is 15.0. The Morgan fingerprint density at radius 3 is 2.81 bits per heavy atom. The fourth-order valence-corrected chi connectivity index (χ4v) is 3.35. The maximum Gasteiger partial charge on any atom is 0.289 e. The van der Waals surface area contributed by atoms with E-state index in [1.54, 1.807) is 26.4 Å². The summed E-state index contributed by atoms with van der Waals surface area (Å²) in [6.07, 6.45) is 7.09. The number of imidazole rings is 1. The lowest BCUT2D eigenvalue weighted by atomic mass is 9.79. The van der Waals surface area contributed by atoms with Gasteiger partial charge in [0.05, 0.1) is 18.6 Å². The van der Waals surface area contributed by atoms with E-state index in [0.717, 1.165) is 24.5 Å². The van der Waals surface area contributed by atoms with E-state index in [-0.39, 0.29) is 11.9 Å². The van der Waals surface area contributed by atoms with Crippen LogP contribution in [0.2, 0.25) is 0 Å². The van der Waals surface area contributed by atoms with E-state index in [1.165, 1.54) is 0 Å². The first kappa shape index (κ1) is 16.5. The van der Waals surface area contributed by atoms with Crippen molar-refractivity contribution in [3.05, 3.63) is 47.7 Å². The van der Waals surface area contributed by atoms with Crippen molar-refractivity contribution >= 4 is 5.91 Å². The predicted octanol–water partition coefficient (Wildman–Crippen LogP) is 1.34. The van der Waals surface area contributed by atoms with Crippen molar-refractivity contribution in [2.45, 2.75) is 45.2 Å². The first-order valence-corrected chi connectivity index (χ1v) is 8.60. The zero-order valence-electron chi connectivity index (χ0n) is 15.0. The zero-order chi connectivity index (χ0) is 18.3. The van der Waals surface area contributed by atoms with Crippen molar-refractivity contribution in [2.75, 3.05) is 0 Å². The molecule has 1 N–H and O–H groups in total. The number of rotatable bonds is 5. The van der Waals surface area contributed by atoms with Gasteiger partial charge in [0.1, 0.15) is 5.82 Å². The van der Waals surface area contributed by atoms with E-state index in [4.69, 9.17) is 4.42 Å². The topological polar surface area (TPSA) is 104 Å². The third-order valence-corrected chi connectivity index (χ3v) is 4.83. The Labute approximate surface area is 150 Å². The van der Waals surface area contributed by atoms with Crippen LogP contribution in [-0.2, 0) is 13.6 Å². The third kappa shape index (κ3) is 3.00. The minimum absolute atomic E-state index is 0.117. The number of aryl methyl sites for hydroxylation is 2. The van der Waals surface area contributed by atoms with E-state index >= 15 is 0 Å². The fraction of sp³-hybridized carbons (Fsp3) is 0.471. The first-order chi connectivity index (χ1) is 12.5. The third-order valence-electron chi connectivity index (χ3n) is 4.83. The lowest BCUT2D eigenvalue weighted by Crippen LogP contribution is -2.44. The van der Waals surface area contributed by atoms with Gasteiger partial charge in [-0.2, -0.15) is 0 Å². The molecule has 26 heavy (non-hydrogen) atoms.